The second-order valence-corrected chi connectivity index (χ2v) is 8.21. The molecule has 1 aliphatic carbocycles. The summed E-state index contributed by atoms with van der Waals surface area (Å²) in [4.78, 5) is 31.7. The number of nitrogens with one attached hydrogen (secondary N) is 2. The van der Waals surface area contributed by atoms with Crippen LogP contribution in [0.1, 0.15) is 51.8 Å². The predicted molar refractivity (Wildman–Crippen MR) is 115 cm³/mol. The van der Waals surface area contributed by atoms with E-state index in [-0.39, 0.29) is 11.8 Å². The van der Waals surface area contributed by atoms with Crippen molar-refractivity contribution in [1.82, 2.24) is 10.3 Å². The van der Waals surface area contributed by atoms with Gasteiger partial charge in [-0.1, -0.05) is 55.0 Å². The molecule has 1 heterocycles. The average molecular weight is 406 g/mol. The van der Waals surface area contributed by atoms with Crippen molar-refractivity contribution in [2.45, 2.75) is 38.1 Å². The summed E-state index contributed by atoms with van der Waals surface area (Å²) < 4.78 is 0. The second kappa shape index (κ2) is 9.01. The Morgan fingerprint density at radius 3 is 2.34 bits per heavy atom. The van der Waals surface area contributed by atoms with Crippen LogP contribution in [0, 0.1) is 0 Å². The van der Waals surface area contributed by atoms with Crippen molar-refractivity contribution in [3.05, 3.63) is 82.4 Å². The molecule has 1 aromatic heterocycles. The van der Waals surface area contributed by atoms with Gasteiger partial charge < -0.3 is 5.32 Å². The summed E-state index contributed by atoms with van der Waals surface area (Å²) in [6, 6.07) is 17.4. The van der Waals surface area contributed by atoms with Crippen molar-refractivity contribution in [1.29, 1.82) is 0 Å². The van der Waals surface area contributed by atoms with Crippen LogP contribution in [0.3, 0.4) is 0 Å². The van der Waals surface area contributed by atoms with Gasteiger partial charge in [0.25, 0.3) is 11.8 Å². The largest absolute Gasteiger partial charge is 0.336 e. The minimum absolute atomic E-state index is 0.287. The molecule has 2 aromatic carbocycles. The Bertz CT molecular complexity index is 962. The first-order valence-corrected chi connectivity index (χ1v) is 10.7. The molecule has 0 saturated carbocycles. The van der Waals surface area contributed by atoms with Gasteiger partial charge in [-0.3, -0.25) is 14.9 Å². The third kappa shape index (κ3) is 4.71. The van der Waals surface area contributed by atoms with Gasteiger partial charge in [0.1, 0.15) is 6.04 Å². The van der Waals surface area contributed by atoms with Crippen molar-refractivity contribution >= 4 is 28.3 Å². The Morgan fingerprint density at radius 1 is 0.897 bits per heavy atom. The lowest BCUT2D eigenvalue weighted by Gasteiger charge is -2.18. The molecular formula is C23H23N3O2S. The summed E-state index contributed by atoms with van der Waals surface area (Å²) in [7, 11) is 0. The van der Waals surface area contributed by atoms with E-state index in [2.05, 4.69) is 15.6 Å². The van der Waals surface area contributed by atoms with Gasteiger partial charge in [0.2, 0.25) is 0 Å². The summed E-state index contributed by atoms with van der Waals surface area (Å²) in [6.07, 6.45) is 5.53. The number of amides is 2. The molecule has 6 heteroatoms. The number of carbonyl (C=O) groups excluding carboxylic acids is 2. The number of aryl methyl sites for hydroxylation is 2. The van der Waals surface area contributed by atoms with Crippen LogP contribution in [-0.4, -0.2) is 16.8 Å². The van der Waals surface area contributed by atoms with E-state index >= 15 is 0 Å². The van der Waals surface area contributed by atoms with E-state index in [4.69, 9.17) is 0 Å². The maximum Gasteiger partial charge on any atom is 0.253 e. The lowest BCUT2D eigenvalue weighted by atomic mass is 10.1. The van der Waals surface area contributed by atoms with Gasteiger partial charge in [0.15, 0.2) is 5.13 Å². The summed E-state index contributed by atoms with van der Waals surface area (Å²) in [6.45, 7) is 0. The summed E-state index contributed by atoms with van der Waals surface area (Å²) in [5, 5.41) is 6.40. The molecule has 4 rings (SSSR count). The fraction of sp³-hybridized carbons (Fsp3) is 0.261. The number of hydrogen-bond acceptors (Lipinski definition) is 4. The molecule has 0 bridgehead atoms. The molecule has 5 nitrogen and oxygen atoms in total. The molecule has 3 aromatic rings. The molecule has 1 unspecified atom stereocenters. The van der Waals surface area contributed by atoms with Gasteiger partial charge >= 0.3 is 0 Å². The number of thiazole rings is 1. The summed E-state index contributed by atoms with van der Waals surface area (Å²) >= 11 is 1.55. The molecule has 29 heavy (non-hydrogen) atoms. The van der Waals surface area contributed by atoms with Crippen molar-refractivity contribution in [3.8, 4) is 0 Å². The highest BCUT2D eigenvalue weighted by molar-refractivity contribution is 7.15. The van der Waals surface area contributed by atoms with Crippen molar-refractivity contribution in [2.24, 2.45) is 0 Å². The fourth-order valence-corrected chi connectivity index (χ4v) is 4.56. The van der Waals surface area contributed by atoms with Crippen LogP contribution in [0.15, 0.2) is 60.7 Å². The first-order chi connectivity index (χ1) is 14.2. The van der Waals surface area contributed by atoms with Crippen LogP contribution in [-0.2, 0) is 17.6 Å². The van der Waals surface area contributed by atoms with Crippen molar-refractivity contribution < 1.29 is 9.59 Å². The van der Waals surface area contributed by atoms with Gasteiger partial charge in [0.05, 0.1) is 5.69 Å². The molecule has 0 radical (unpaired) electrons. The number of rotatable bonds is 5. The van der Waals surface area contributed by atoms with E-state index in [1.54, 1.807) is 35.6 Å². The normalized spacial score (nSPS) is 14.3. The molecule has 1 atom stereocenters. The SMILES string of the molecule is O=C(NC(C(=O)Nc1nc2c(s1)CCCCC2)c1ccccc1)c1ccccc1. The molecule has 2 N–H and O–H groups in total. The Kier molecular flexibility index (Phi) is 6.00. The van der Waals surface area contributed by atoms with Crippen molar-refractivity contribution in [3.63, 3.8) is 0 Å². The zero-order chi connectivity index (χ0) is 20.1. The van der Waals surface area contributed by atoms with Gasteiger partial charge in [-0.2, -0.15) is 0 Å². The third-order valence-corrected chi connectivity index (χ3v) is 6.11. The minimum Gasteiger partial charge on any atom is -0.336 e. The van der Waals surface area contributed by atoms with E-state index in [1.807, 2.05) is 36.4 Å². The van der Waals surface area contributed by atoms with Crippen LogP contribution >= 0.6 is 11.3 Å². The molecule has 1 aliphatic rings. The molecule has 0 aliphatic heterocycles. The van der Waals surface area contributed by atoms with Gasteiger partial charge in [-0.25, -0.2) is 4.98 Å². The lowest BCUT2D eigenvalue weighted by Crippen LogP contribution is -2.37. The molecule has 0 spiro atoms. The number of fused-ring (bicyclic) bond motifs is 1. The number of aromatic nitrogens is 1. The minimum atomic E-state index is -0.799. The van der Waals surface area contributed by atoms with E-state index in [1.165, 1.54) is 17.7 Å². The van der Waals surface area contributed by atoms with E-state index in [0.29, 0.717) is 10.7 Å². The number of hydrogen-bond donors (Lipinski definition) is 2. The maximum atomic E-state index is 13.1. The summed E-state index contributed by atoms with van der Waals surface area (Å²) in [5.41, 5.74) is 2.35. The zero-order valence-electron chi connectivity index (χ0n) is 16.1. The van der Waals surface area contributed by atoms with Gasteiger partial charge in [0, 0.05) is 10.4 Å². The zero-order valence-corrected chi connectivity index (χ0v) is 16.9. The molecule has 2 amide bonds. The molecule has 0 saturated heterocycles. The summed E-state index contributed by atoms with van der Waals surface area (Å²) in [5.74, 6) is -0.575. The quantitative estimate of drug-likeness (QED) is 0.613. The average Bonchev–Trinajstić information content (AvgIpc) is 3.00. The topological polar surface area (TPSA) is 71.1 Å². The number of benzene rings is 2. The van der Waals surface area contributed by atoms with Crippen LogP contribution in [0.4, 0.5) is 5.13 Å². The first kappa shape index (κ1) is 19.3. The Morgan fingerprint density at radius 2 is 1.59 bits per heavy atom. The second-order valence-electron chi connectivity index (χ2n) is 7.12. The Labute approximate surface area is 174 Å². The predicted octanol–water partition coefficient (Wildman–Crippen LogP) is 4.52. The van der Waals surface area contributed by atoms with Gasteiger partial charge in [-0.05, 0) is 43.4 Å². The third-order valence-electron chi connectivity index (χ3n) is 5.03. The highest BCUT2D eigenvalue weighted by Gasteiger charge is 2.25. The highest BCUT2D eigenvalue weighted by Crippen LogP contribution is 2.29. The van der Waals surface area contributed by atoms with Crippen LogP contribution in [0.2, 0.25) is 0 Å². The Hall–Kier alpha value is -2.99. The smallest absolute Gasteiger partial charge is 0.253 e. The molecular weight excluding hydrogens is 382 g/mol. The van der Waals surface area contributed by atoms with E-state index in [0.717, 1.165) is 30.5 Å². The van der Waals surface area contributed by atoms with Crippen LogP contribution < -0.4 is 10.6 Å². The fourth-order valence-electron chi connectivity index (χ4n) is 3.51. The van der Waals surface area contributed by atoms with E-state index in [9.17, 15) is 9.59 Å². The Balaban J connectivity index is 1.54. The van der Waals surface area contributed by atoms with Gasteiger partial charge in [-0.15, -0.1) is 11.3 Å². The highest BCUT2D eigenvalue weighted by atomic mass is 32.1. The number of nitrogens with zero attached hydrogens (tertiary/aromatic N) is 1. The monoisotopic (exact) mass is 405 g/mol. The lowest BCUT2D eigenvalue weighted by molar-refractivity contribution is -0.118. The van der Waals surface area contributed by atoms with E-state index < -0.39 is 6.04 Å². The number of anilines is 1. The molecule has 0 fully saturated rings. The maximum absolute atomic E-state index is 13.1. The first-order valence-electron chi connectivity index (χ1n) is 9.91. The number of carbonyl (C=O) groups is 2. The molecule has 148 valence electrons. The van der Waals surface area contributed by atoms with Crippen LogP contribution in [0.25, 0.3) is 0 Å². The standard InChI is InChI=1S/C23H23N3O2S/c27-21(17-12-6-2-7-13-17)25-20(16-10-4-1-5-11-16)22(28)26-23-24-18-14-8-3-9-15-19(18)29-23/h1-2,4-7,10-13,20H,3,8-9,14-15H2,(H,25,27)(H,24,26,28). The van der Waals surface area contributed by atoms with Crippen molar-refractivity contribution in [2.75, 3.05) is 5.32 Å². The van der Waals surface area contributed by atoms with Crippen LogP contribution in [0.5, 0.6) is 0 Å².